The van der Waals surface area contributed by atoms with Crippen LogP contribution in [-0.4, -0.2) is 13.2 Å². The molecule has 0 saturated heterocycles. The Kier molecular flexibility index (Phi) is 3.77. The first kappa shape index (κ1) is 12.1. The quantitative estimate of drug-likeness (QED) is 0.818. The molecule has 0 amide bonds. The van der Waals surface area contributed by atoms with Crippen molar-refractivity contribution in [1.82, 2.24) is 0 Å². The van der Waals surface area contributed by atoms with Gasteiger partial charge in [-0.2, -0.15) is 0 Å². The summed E-state index contributed by atoms with van der Waals surface area (Å²) in [4.78, 5) is 0. The highest BCUT2D eigenvalue weighted by Gasteiger charge is 2.20. The van der Waals surface area contributed by atoms with E-state index in [0.29, 0.717) is 17.5 Å². The van der Waals surface area contributed by atoms with Gasteiger partial charge < -0.3 is 15.2 Å². The SMILES string of the molecule is COc1ccc(OC2CCCC(C)C2)cc1N. The first-order chi connectivity index (χ1) is 8.19. The molecular weight excluding hydrogens is 214 g/mol. The topological polar surface area (TPSA) is 44.5 Å². The summed E-state index contributed by atoms with van der Waals surface area (Å²) in [6.45, 7) is 2.29. The van der Waals surface area contributed by atoms with Gasteiger partial charge in [-0.25, -0.2) is 0 Å². The molecule has 1 aliphatic carbocycles. The van der Waals surface area contributed by atoms with Gasteiger partial charge in [0.25, 0.3) is 0 Å². The van der Waals surface area contributed by atoms with Crippen molar-refractivity contribution in [2.75, 3.05) is 12.8 Å². The van der Waals surface area contributed by atoms with E-state index in [1.54, 1.807) is 7.11 Å². The number of methoxy groups -OCH3 is 1. The first-order valence-corrected chi connectivity index (χ1v) is 6.29. The summed E-state index contributed by atoms with van der Waals surface area (Å²) in [6, 6.07) is 5.63. The number of ether oxygens (including phenoxy) is 2. The van der Waals surface area contributed by atoms with Gasteiger partial charge in [-0.15, -0.1) is 0 Å². The van der Waals surface area contributed by atoms with E-state index in [2.05, 4.69) is 6.92 Å². The zero-order valence-electron chi connectivity index (χ0n) is 10.6. The third-order valence-corrected chi connectivity index (χ3v) is 3.39. The van der Waals surface area contributed by atoms with E-state index in [4.69, 9.17) is 15.2 Å². The molecule has 0 heterocycles. The highest BCUT2D eigenvalue weighted by Crippen LogP contribution is 2.30. The van der Waals surface area contributed by atoms with Crippen molar-refractivity contribution in [3.05, 3.63) is 18.2 Å². The summed E-state index contributed by atoms with van der Waals surface area (Å²) in [5.74, 6) is 2.32. The molecule has 0 bridgehead atoms. The Bertz CT molecular complexity index is 378. The summed E-state index contributed by atoms with van der Waals surface area (Å²) in [5.41, 5.74) is 6.49. The van der Waals surface area contributed by atoms with Crippen LogP contribution < -0.4 is 15.2 Å². The van der Waals surface area contributed by atoms with Gasteiger partial charge in [-0.05, 0) is 37.3 Å². The number of hydrogen-bond acceptors (Lipinski definition) is 3. The van der Waals surface area contributed by atoms with Gasteiger partial charge in [0.05, 0.1) is 18.9 Å². The van der Waals surface area contributed by atoms with E-state index in [1.807, 2.05) is 18.2 Å². The zero-order valence-corrected chi connectivity index (χ0v) is 10.6. The number of benzene rings is 1. The van der Waals surface area contributed by atoms with Crippen LogP contribution in [-0.2, 0) is 0 Å². The Morgan fingerprint density at radius 1 is 1.29 bits per heavy atom. The van der Waals surface area contributed by atoms with Crippen molar-refractivity contribution < 1.29 is 9.47 Å². The molecule has 2 N–H and O–H groups in total. The third kappa shape index (κ3) is 3.05. The van der Waals surface area contributed by atoms with Crippen LogP contribution in [0.3, 0.4) is 0 Å². The van der Waals surface area contributed by atoms with E-state index >= 15 is 0 Å². The van der Waals surface area contributed by atoms with Gasteiger partial charge in [0.1, 0.15) is 11.5 Å². The Labute approximate surface area is 103 Å². The molecule has 2 atom stereocenters. The largest absolute Gasteiger partial charge is 0.495 e. The second-order valence-electron chi connectivity index (χ2n) is 4.92. The highest BCUT2D eigenvalue weighted by molar-refractivity contribution is 5.56. The molecule has 1 aromatic carbocycles. The zero-order chi connectivity index (χ0) is 12.3. The normalized spacial score (nSPS) is 24.4. The predicted octanol–water partition coefficient (Wildman–Crippen LogP) is 3.23. The summed E-state index contributed by atoms with van der Waals surface area (Å²) in [7, 11) is 1.62. The maximum absolute atomic E-state index is 5.97. The van der Waals surface area contributed by atoms with Gasteiger partial charge in [0.15, 0.2) is 0 Å². The lowest BCUT2D eigenvalue weighted by Crippen LogP contribution is -2.24. The molecule has 3 heteroatoms. The van der Waals surface area contributed by atoms with Crippen molar-refractivity contribution in [3.8, 4) is 11.5 Å². The molecule has 3 nitrogen and oxygen atoms in total. The van der Waals surface area contributed by atoms with Crippen LogP contribution in [0.1, 0.15) is 32.6 Å². The average molecular weight is 235 g/mol. The van der Waals surface area contributed by atoms with Crippen molar-refractivity contribution in [2.24, 2.45) is 5.92 Å². The molecular formula is C14H21NO2. The van der Waals surface area contributed by atoms with E-state index in [1.165, 1.54) is 12.8 Å². The fourth-order valence-electron chi connectivity index (χ4n) is 2.46. The van der Waals surface area contributed by atoms with Crippen LogP contribution in [0.25, 0.3) is 0 Å². The molecule has 0 radical (unpaired) electrons. The van der Waals surface area contributed by atoms with Crippen LogP contribution in [0.15, 0.2) is 18.2 Å². The van der Waals surface area contributed by atoms with Crippen LogP contribution in [0.4, 0.5) is 5.69 Å². The number of nitrogens with two attached hydrogens (primary N) is 1. The van der Waals surface area contributed by atoms with Gasteiger partial charge >= 0.3 is 0 Å². The Morgan fingerprint density at radius 2 is 2.12 bits per heavy atom. The third-order valence-electron chi connectivity index (χ3n) is 3.39. The van der Waals surface area contributed by atoms with Gasteiger partial charge in [-0.3, -0.25) is 0 Å². The molecule has 0 aromatic heterocycles. The van der Waals surface area contributed by atoms with Crippen LogP contribution in [0.5, 0.6) is 11.5 Å². The predicted molar refractivity (Wildman–Crippen MR) is 69.5 cm³/mol. The van der Waals surface area contributed by atoms with E-state index < -0.39 is 0 Å². The van der Waals surface area contributed by atoms with Crippen molar-refractivity contribution in [1.29, 1.82) is 0 Å². The molecule has 17 heavy (non-hydrogen) atoms. The minimum atomic E-state index is 0.339. The monoisotopic (exact) mass is 235 g/mol. The maximum atomic E-state index is 5.97. The van der Waals surface area contributed by atoms with Gasteiger partial charge in [-0.1, -0.05) is 13.3 Å². The molecule has 1 aliphatic rings. The summed E-state index contributed by atoms with van der Waals surface area (Å²) in [5, 5.41) is 0. The Hall–Kier alpha value is -1.38. The molecule has 1 aromatic rings. The van der Waals surface area contributed by atoms with Crippen LogP contribution in [0.2, 0.25) is 0 Å². The fourth-order valence-corrected chi connectivity index (χ4v) is 2.46. The van der Waals surface area contributed by atoms with Gasteiger partial charge in [0.2, 0.25) is 0 Å². The second-order valence-corrected chi connectivity index (χ2v) is 4.92. The van der Waals surface area contributed by atoms with Crippen molar-refractivity contribution in [3.63, 3.8) is 0 Å². The molecule has 2 rings (SSSR count). The minimum Gasteiger partial charge on any atom is -0.495 e. The smallest absolute Gasteiger partial charge is 0.142 e. The lowest BCUT2D eigenvalue weighted by Gasteiger charge is -2.27. The van der Waals surface area contributed by atoms with E-state index in [-0.39, 0.29) is 0 Å². The van der Waals surface area contributed by atoms with E-state index in [9.17, 15) is 0 Å². The fraction of sp³-hybridized carbons (Fsp3) is 0.571. The Morgan fingerprint density at radius 3 is 2.76 bits per heavy atom. The summed E-state index contributed by atoms with van der Waals surface area (Å²) >= 11 is 0. The van der Waals surface area contributed by atoms with Crippen LogP contribution in [0, 0.1) is 5.92 Å². The van der Waals surface area contributed by atoms with Crippen LogP contribution >= 0.6 is 0 Å². The maximum Gasteiger partial charge on any atom is 0.142 e. The van der Waals surface area contributed by atoms with Crippen molar-refractivity contribution in [2.45, 2.75) is 38.7 Å². The minimum absolute atomic E-state index is 0.339. The number of nitrogen functional groups attached to an aromatic ring is 1. The molecule has 0 aliphatic heterocycles. The van der Waals surface area contributed by atoms with E-state index in [0.717, 1.165) is 24.5 Å². The lowest BCUT2D eigenvalue weighted by atomic mass is 9.89. The molecule has 0 spiro atoms. The number of rotatable bonds is 3. The first-order valence-electron chi connectivity index (χ1n) is 6.29. The molecule has 94 valence electrons. The highest BCUT2D eigenvalue weighted by atomic mass is 16.5. The number of anilines is 1. The van der Waals surface area contributed by atoms with Gasteiger partial charge in [0, 0.05) is 6.07 Å². The molecule has 1 fully saturated rings. The average Bonchev–Trinajstić information content (AvgIpc) is 2.29. The lowest BCUT2D eigenvalue weighted by molar-refractivity contribution is 0.129. The second kappa shape index (κ2) is 5.30. The standard InChI is InChI=1S/C14H21NO2/c1-10-4-3-5-11(8-10)17-12-6-7-14(16-2)13(15)9-12/h6-7,9-11H,3-5,8,15H2,1-2H3. The summed E-state index contributed by atoms with van der Waals surface area (Å²) in [6.07, 6.45) is 5.22. The molecule has 2 unspecified atom stereocenters. The number of hydrogen-bond donors (Lipinski definition) is 1. The Balaban J connectivity index is 2.00. The van der Waals surface area contributed by atoms with Crippen molar-refractivity contribution >= 4 is 5.69 Å². The molecule has 1 saturated carbocycles. The summed E-state index contributed by atoms with van der Waals surface area (Å²) < 4.78 is 11.1.